The molecule has 0 aromatic heterocycles. The van der Waals surface area contributed by atoms with Gasteiger partial charge in [-0.15, -0.1) is 0 Å². The van der Waals surface area contributed by atoms with Crippen molar-refractivity contribution in [3.63, 3.8) is 0 Å². The summed E-state index contributed by atoms with van der Waals surface area (Å²) in [5, 5.41) is 9.52. The molecule has 254 valence electrons. The lowest BCUT2D eigenvalue weighted by atomic mass is 10.0. The predicted octanol–water partition coefficient (Wildman–Crippen LogP) is 11.1. The number of ether oxygens (including phenoxy) is 2. The number of carbonyl (C=O) groups is 2. The number of aliphatic hydroxyl groups excluding tert-OH is 1. The van der Waals surface area contributed by atoms with Crippen molar-refractivity contribution < 1.29 is 24.2 Å². The van der Waals surface area contributed by atoms with Crippen LogP contribution >= 0.6 is 0 Å². The monoisotopic (exact) mass is 617 g/mol. The topological polar surface area (TPSA) is 72.8 Å². The second-order valence-corrected chi connectivity index (χ2v) is 11.9. The molecule has 0 unspecified atom stereocenters. The van der Waals surface area contributed by atoms with Crippen LogP contribution in [0.25, 0.3) is 0 Å². The molecule has 0 aromatic carbocycles. The maximum atomic E-state index is 12.1. The Morgan fingerprint density at radius 1 is 0.545 bits per heavy atom. The Morgan fingerprint density at radius 3 is 1.48 bits per heavy atom. The maximum Gasteiger partial charge on any atom is 0.306 e. The molecule has 0 fully saturated rings. The second-order valence-electron chi connectivity index (χ2n) is 11.9. The van der Waals surface area contributed by atoms with Gasteiger partial charge in [0.2, 0.25) is 0 Å². The van der Waals surface area contributed by atoms with Gasteiger partial charge in [-0.3, -0.25) is 9.59 Å². The second kappa shape index (κ2) is 35.3. The highest BCUT2D eigenvalue weighted by Gasteiger charge is 2.16. The summed E-state index contributed by atoms with van der Waals surface area (Å²) in [5.41, 5.74) is 0. The van der Waals surface area contributed by atoms with E-state index in [-0.39, 0.29) is 25.2 Å². The molecule has 0 bridgehead atoms. The van der Waals surface area contributed by atoms with Crippen molar-refractivity contribution in [3.05, 3.63) is 48.6 Å². The molecule has 0 aromatic rings. The van der Waals surface area contributed by atoms with E-state index in [2.05, 4.69) is 62.5 Å². The highest BCUT2D eigenvalue weighted by atomic mass is 16.6. The first kappa shape index (κ1) is 41.9. The average molecular weight is 617 g/mol. The van der Waals surface area contributed by atoms with Crippen LogP contribution in [0.15, 0.2) is 48.6 Å². The summed E-state index contributed by atoms with van der Waals surface area (Å²) >= 11 is 0. The maximum absolute atomic E-state index is 12.1. The SMILES string of the molecule is CC/C=C\C/C=C\C/C=C\C/C=C\CCCCC(=O)O[C@@H](CO)COC(=O)CCCCCCCCCCCCCCCCC. The number of hydrogen-bond acceptors (Lipinski definition) is 5. The van der Waals surface area contributed by atoms with E-state index in [0.29, 0.717) is 12.8 Å². The van der Waals surface area contributed by atoms with Crippen molar-refractivity contribution in [1.29, 1.82) is 0 Å². The van der Waals surface area contributed by atoms with Gasteiger partial charge < -0.3 is 14.6 Å². The Balaban J connectivity index is 3.64. The van der Waals surface area contributed by atoms with E-state index in [1.165, 1.54) is 77.0 Å². The van der Waals surface area contributed by atoms with Crippen molar-refractivity contribution in [2.24, 2.45) is 0 Å². The molecule has 0 aliphatic heterocycles. The lowest BCUT2D eigenvalue weighted by Gasteiger charge is -2.15. The van der Waals surface area contributed by atoms with Gasteiger partial charge in [-0.05, 0) is 51.4 Å². The highest BCUT2D eigenvalue weighted by Crippen LogP contribution is 2.14. The molecule has 0 radical (unpaired) electrons. The number of esters is 2. The van der Waals surface area contributed by atoms with Gasteiger partial charge in [0.15, 0.2) is 6.10 Å². The molecule has 5 heteroatoms. The average Bonchev–Trinajstić information content (AvgIpc) is 3.02. The molecular formula is C39H68O5. The summed E-state index contributed by atoms with van der Waals surface area (Å²) in [4.78, 5) is 24.2. The van der Waals surface area contributed by atoms with Crippen molar-refractivity contribution >= 4 is 11.9 Å². The number of allylic oxidation sites excluding steroid dienone is 8. The van der Waals surface area contributed by atoms with Gasteiger partial charge in [0, 0.05) is 12.8 Å². The summed E-state index contributed by atoms with van der Waals surface area (Å²) < 4.78 is 10.5. The molecule has 0 spiro atoms. The Bertz CT molecular complexity index is 752. The minimum atomic E-state index is -0.790. The van der Waals surface area contributed by atoms with E-state index in [4.69, 9.17) is 9.47 Å². The van der Waals surface area contributed by atoms with Crippen LogP contribution in [0.2, 0.25) is 0 Å². The fourth-order valence-corrected chi connectivity index (χ4v) is 4.90. The number of rotatable bonds is 32. The third-order valence-corrected chi connectivity index (χ3v) is 7.64. The van der Waals surface area contributed by atoms with E-state index in [1.807, 2.05) is 0 Å². The summed E-state index contributed by atoms with van der Waals surface area (Å²) in [6.45, 7) is 3.98. The van der Waals surface area contributed by atoms with Crippen LogP contribution in [0.5, 0.6) is 0 Å². The quantitative estimate of drug-likeness (QED) is 0.0462. The summed E-state index contributed by atoms with van der Waals surface area (Å²) in [7, 11) is 0. The van der Waals surface area contributed by atoms with Crippen molar-refractivity contribution in [2.75, 3.05) is 13.2 Å². The third-order valence-electron chi connectivity index (χ3n) is 7.64. The van der Waals surface area contributed by atoms with E-state index in [9.17, 15) is 14.7 Å². The minimum Gasteiger partial charge on any atom is -0.462 e. The fourth-order valence-electron chi connectivity index (χ4n) is 4.90. The van der Waals surface area contributed by atoms with Crippen LogP contribution in [-0.4, -0.2) is 36.4 Å². The Hall–Kier alpha value is -2.14. The van der Waals surface area contributed by atoms with Crippen molar-refractivity contribution in [1.82, 2.24) is 0 Å². The van der Waals surface area contributed by atoms with Gasteiger partial charge in [0.05, 0.1) is 6.61 Å². The third kappa shape index (κ3) is 32.8. The highest BCUT2D eigenvalue weighted by molar-refractivity contribution is 5.70. The van der Waals surface area contributed by atoms with Gasteiger partial charge in [0.1, 0.15) is 6.61 Å². The first-order valence-corrected chi connectivity index (χ1v) is 18.2. The molecule has 0 aliphatic carbocycles. The van der Waals surface area contributed by atoms with Crippen LogP contribution in [-0.2, 0) is 19.1 Å². The first-order valence-electron chi connectivity index (χ1n) is 18.2. The molecule has 44 heavy (non-hydrogen) atoms. The zero-order chi connectivity index (χ0) is 32.2. The lowest BCUT2D eigenvalue weighted by Crippen LogP contribution is -2.28. The Morgan fingerprint density at radius 2 is 0.977 bits per heavy atom. The van der Waals surface area contributed by atoms with Crippen LogP contribution < -0.4 is 0 Å². The summed E-state index contributed by atoms with van der Waals surface area (Å²) in [6.07, 6.45) is 43.1. The predicted molar refractivity (Wildman–Crippen MR) is 187 cm³/mol. The summed E-state index contributed by atoms with van der Waals surface area (Å²) in [6, 6.07) is 0. The van der Waals surface area contributed by atoms with E-state index in [0.717, 1.165) is 64.2 Å². The number of unbranched alkanes of at least 4 members (excludes halogenated alkanes) is 16. The van der Waals surface area contributed by atoms with Gasteiger partial charge >= 0.3 is 11.9 Å². The Kier molecular flexibility index (Phi) is 33.6. The minimum absolute atomic E-state index is 0.0816. The van der Waals surface area contributed by atoms with Crippen LogP contribution in [0.1, 0.15) is 168 Å². The van der Waals surface area contributed by atoms with Crippen LogP contribution in [0.4, 0.5) is 0 Å². The van der Waals surface area contributed by atoms with Gasteiger partial charge in [0.25, 0.3) is 0 Å². The standard InChI is InChI=1S/C39H68O5/c1-3-5-7-9-11-13-15-17-19-21-23-25-27-29-31-33-38(41)43-36-37(35-40)44-39(42)34-32-30-28-26-24-22-20-18-16-14-12-10-8-6-4-2/h6,8,12,14,18,20,24,26,37,40H,3-5,7,9-11,13,15-17,19,21-23,25,27-36H2,1-2H3/b8-6-,14-12-,20-18-,26-24-/t37-/m0/s1. The van der Waals surface area contributed by atoms with Crippen LogP contribution in [0, 0.1) is 0 Å². The van der Waals surface area contributed by atoms with Gasteiger partial charge in [-0.25, -0.2) is 0 Å². The molecule has 0 amide bonds. The summed E-state index contributed by atoms with van der Waals surface area (Å²) in [5.74, 6) is -0.639. The molecule has 1 atom stereocenters. The molecule has 0 aliphatic rings. The van der Waals surface area contributed by atoms with Crippen LogP contribution in [0.3, 0.4) is 0 Å². The molecule has 0 saturated heterocycles. The number of carbonyl (C=O) groups excluding carboxylic acids is 2. The largest absolute Gasteiger partial charge is 0.462 e. The molecule has 0 heterocycles. The number of hydrogen-bond donors (Lipinski definition) is 1. The number of aliphatic hydroxyl groups is 1. The van der Waals surface area contributed by atoms with E-state index < -0.39 is 6.10 Å². The zero-order valence-corrected chi connectivity index (χ0v) is 28.7. The first-order chi connectivity index (χ1) is 21.6. The Labute approximate surface area is 271 Å². The van der Waals surface area contributed by atoms with Crippen molar-refractivity contribution in [3.8, 4) is 0 Å². The van der Waals surface area contributed by atoms with Gasteiger partial charge in [-0.2, -0.15) is 0 Å². The van der Waals surface area contributed by atoms with E-state index in [1.54, 1.807) is 0 Å². The molecule has 5 nitrogen and oxygen atoms in total. The normalized spacial score (nSPS) is 12.7. The molecule has 0 rings (SSSR count). The fraction of sp³-hybridized carbons (Fsp3) is 0.744. The van der Waals surface area contributed by atoms with E-state index >= 15 is 0 Å². The molecular weight excluding hydrogens is 548 g/mol. The molecule has 1 N–H and O–H groups in total. The molecule has 0 saturated carbocycles. The lowest BCUT2D eigenvalue weighted by molar-refractivity contribution is -0.161. The smallest absolute Gasteiger partial charge is 0.306 e. The zero-order valence-electron chi connectivity index (χ0n) is 28.7. The van der Waals surface area contributed by atoms with Crippen molar-refractivity contribution in [2.45, 2.75) is 174 Å². The van der Waals surface area contributed by atoms with Gasteiger partial charge in [-0.1, -0.05) is 152 Å².